The Morgan fingerprint density at radius 3 is 2.71 bits per heavy atom. The van der Waals surface area contributed by atoms with Crippen LogP contribution in [0.3, 0.4) is 0 Å². The lowest BCUT2D eigenvalue weighted by atomic mass is 9.71. The Morgan fingerprint density at radius 1 is 1.41 bits per heavy atom. The van der Waals surface area contributed by atoms with Gasteiger partial charge in [-0.25, -0.2) is 0 Å². The summed E-state index contributed by atoms with van der Waals surface area (Å²) < 4.78 is 1.24. The summed E-state index contributed by atoms with van der Waals surface area (Å²) in [6.07, 6.45) is 4.12. The summed E-state index contributed by atoms with van der Waals surface area (Å²) in [5.74, 6) is 2.59. The number of thiophene rings is 1. The smallest absolute Gasteiger partial charge is 0.0285 e. The molecule has 1 heterocycles. The molecule has 0 saturated heterocycles. The highest BCUT2D eigenvalue weighted by atomic mass is 79.9. The number of halogens is 1. The van der Waals surface area contributed by atoms with E-state index in [0.717, 1.165) is 24.3 Å². The zero-order valence-corrected chi connectivity index (χ0v) is 13.1. The molecule has 2 unspecified atom stereocenters. The molecule has 1 saturated carbocycles. The topological polar surface area (TPSA) is 12.0 Å². The van der Waals surface area contributed by atoms with Crippen LogP contribution in [0.4, 0.5) is 0 Å². The first kappa shape index (κ1) is 13.6. The van der Waals surface area contributed by atoms with Crippen molar-refractivity contribution in [3.8, 4) is 0 Å². The molecule has 1 aliphatic rings. The molecule has 1 fully saturated rings. The van der Waals surface area contributed by atoms with E-state index in [1.165, 1.54) is 35.2 Å². The van der Waals surface area contributed by atoms with Gasteiger partial charge in [0.2, 0.25) is 0 Å². The second-order valence-corrected chi connectivity index (χ2v) is 7.50. The molecular weight excluding hydrogens is 294 g/mol. The lowest BCUT2D eigenvalue weighted by Gasteiger charge is -2.37. The summed E-state index contributed by atoms with van der Waals surface area (Å²) in [4.78, 5) is 1.54. The maximum Gasteiger partial charge on any atom is 0.0285 e. The van der Waals surface area contributed by atoms with E-state index in [2.05, 4.69) is 46.5 Å². The first-order valence-corrected chi connectivity index (χ1v) is 8.26. The molecule has 17 heavy (non-hydrogen) atoms. The second-order valence-electron chi connectivity index (χ2n) is 5.58. The maximum atomic E-state index is 3.60. The third kappa shape index (κ3) is 4.08. The second kappa shape index (κ2) is 6.35. The highest BCUT2D eigenvalue weighted by Gasteiger charge is 2.30. The van der Waals surface area contributed by atoms with Crippen LogP contribution in [0, 0.1) is 17.8 Å². The van der Waals surface area contributed by atoms with Gasteiger partial charge in [-0.05, 0) is 72.1 Å². The summed E-state index contributed by atoms with van der Waals surface area (Å²) in [5, 5.41) is 5.80. The zero-order valence-electron chi connectivity index (χ0n) is 10.7. The van der Waals surface area contributed by atoms with Gasteiger partial charge >= 0.3 is 0 Å². The van der Waals surface area contributed by atoms with Gasteiger partial charge in [-0.1, -0.05) is 13.8 Å². The Morgan fingerprint density at radius 2 is 2.18 bits per heavy atom. The fraction of sp³-hybridized carbons (Fsp3) is 0.714. The van der Waals surface area contributed by atoms with Gasteiger partial charge in [0.1, 0.15) is 0 Å². The molecule has 2 rings (SSSR count). The van der Waals surface area contributed by atoms with Crippen LogP contribution in [0.25, 0.3) is 0 Å². The predicted molar refractivity (Wildman–Crippen MR) is 79.6 cm³/mol. The molecule has 0 aromatic carbocycles. The van der Waals surface area contributed by atoms with Gasteiger partial charge in [0.05, 0.1) is 0 Å². The van der Waals surface area contributed by atoms with Crippen molar-refractivity contribution in [1.29, 1.82) is 0 Å². The summed E-state index contributed by atoms with van der Waals surface area (Å²) in [7, 11) is 0. The summed E-state index contributed by atoms with van der Waals surface area (Å²) in [6.45, 7) is 6.92. The van der Waals surface area contributed by atoms with E-state index in [1.54, 1.807) is 0 Å². The van der Waals surface area contributed by atoms with E-state index >= 15 is 0 Å². The van der Waals surface area contributed by atoms with E-state index in [0.29, 0.717) is 0 Å². The minimum atomic E-state index is 0.766. The zero-order chi connectivity index (χ0) is 12.3. The number of hydrogen-bond acceptors (Lipinski definition) is 2. The van der Waals surface area contributed by atoms with Crippen LogP contribution in [0.2, 0.25) is 0 Å². The normalized spacial score (nSPS) is 24.0. The van der Waals surface area contributed by atoms with Gasteiger partial charge in [-0.3, -0.25) is 0 Å². The van der Waals surface area contributed by atoms with Crippen molar-refractivity contribution in [1.82, 2.24) is 5.32 Å². The van der Waals surface area contributed by atoms with Crippen LogP contribution in [-0.4, -0.2) is 13.1 Å². The molecule has 1 nitrogen and oxygen atoms in total. The predicted octanol–water partition coefficient (Wildman–Crippen LogP) is 4.32. The molecule has 0 radical (unpaired) electrons. The third-order valence-corrected chi connectivity index (χ3v) is 5.34. The molecule has 1 aromatic heterocycles. The summed E-state index contributed by atoms with van der Waals surface area (Å²) >= 11 is 5.42. The Labute approximate surface area is 117 Å². The Balaban J connectivity index is 1.71. The van der Waals surface area contributed by atoms with Crippen molar-refractivity contribution < 1.29 is 0 Å². The Hall–Kier alpha value is 0.140. The maximum absolute atomic E-state index is 3.60. The Bertz CT molecular complexity index is 348. The van der Waals surface area contributed by atoms with Crippen LogP contribution in [0.15, 0.2) is 15.9 Å². The molecule has 0 aliphatic heterocycles. The average Bonchev–Trinajstić information content (AvgIpc) is 2.65. The van der Waals surface area contributed by atoms with Crippen molar-refractivity contribution in [3.63, 3.8) is 0 Å². The third-order valence-electron chi connectivity index (χ3n) is 3.62. The fourth-order valence-corrected chi connectivity index (χ4v) is 4.00. The standard InChI is InChI=1S/C14H22BrNS/c1-10(2)7-16-8-12-4-3-11(12)5-14-6-13(15)9-17-14/h6,9-12,16H,3-5,7-8H2,1-2H3. The number of hydrogen-bond donors (Lipinski definition) is 1. The molecule has 1 aromatic rings. The average molecular weight is 316 g/mol. The van der Waals surface area contributed by atoms with E-state index in [-0.39, 0.29) is 0 Å². The molecule has 2 atom stereocenters. The van der Waals surface area contributed by atoms with E-state index in [4.69, 9.17) is 0 Å². The van der Waals surface area contributed by atoms with E-state index in [1.807, 2.05) is 11.3 Å². The monoisotopic (exact) mass is 315 g/mol. The molecular formula is C14H22BrNS. The first-order chi connectivity index (χ1) is 8.15. The van der Waals surface area contributed by atoms with Crippen molar-refractivity contribution in [2.45, 2.75) is 33.1 Å². The van der Waals surface area contributed by atoms with E-state index < -0.39 is 0 Å². The summed E-state index contributed by atoms with van der Waals surface area (Å²) in [5.41, 5.74) is 0. The van der Waals surface area contributed by atoms with Gasteiger partial charge in [0.25, 0.3) is 0 Å². The SMILES string of the molecule is CC(C)CNCC1CCC1Cc1cc(Br)cs1. The van der Waals surface area contributed by atoms with Crippen molar-refractivity contribution in [2.24, 2.45) is 17.8 Å². The van der Waals surface area contributed by atoms with Gasteiger partial charge < -0.3 is 5.32 Å². The quantitative estimate of drug-likeness (QED) is 0.824. The highest BCUT2D eigenvalue weighted by Crippen LogP contribution is 2.37. The minimum absolute atomic E-state index is 0.766. The molecule has 0 spiro atoms. The van der Waals surface area contributed by atoms with Crippen molar-refractivity contribution >= 4 is 27.3 Å². The van der Waals surface area contributed by atoms with E-state index in [9.17, 15) is 0 Å². The van der Waals surface area contributed by atoms with Crippen LogP contribution in [-0.2, 0) is 6.42 Å². The first-order valence-electron chi connectivity index (χ1n) is 6.58. The number of rotatable bonds is 6. The highest BCUT2D eigenvalue weighted by molar-refractivity contribution is 9.10. The van der Waals surface area contributed by atoms with Crippen LogP contribution in [0.1, 0.15) is 31.6 Å². The van der Waals surface area contributed by atoms with Gasteiger partial charge in [0, 0.05) is 14.7 Å². The van der Waals surface area contributed by atoms with Crippen LogP contribution < -0.4 is 5.32 Å². The molecule has 1 aliphatic carbocycles. The molecule has 96 valence electrons. The lowest BCUT2D eigenvalue weighted by Crippen LogP contribution is -2.37. The van der Waals surface area contributed by atoms with Crippen molar-refractivity contribution in [2.75, 3.05) is 13.1 Å². The van der Waals surface area contributed by atoms with Crippen LogP contribution >= 0.6 is 27.3 Å². The molecule has 3 heteroatoms. The number of nitrogens with one attached hydrogen (secondary N) is 1. The van der Waals surface area contributed by atoms with Gasteiger partial charge in [-0.15, -0.1) is 11.3 Å². The van der Waals surface area contributed by atoms with Gasteiger partial charge in [-0.2, -0.15) is 0 Å². The fourth-order valence-electron chi connectivity index (χ4n) is 2.45. The molecule has 0 amide bonds. The Kier molecular flexibility index (Phi) is 5.07. The van der Waals surface area contributed by atoms with Crippen molar-refractivity contribution in [3.05, 3.63) is 20.8 Å². The van der Waals surface area contributed by atoms with Gasteiger partial charge in [0.15, 0.2) is 0 Å². The van der Waals surface area contributed by atoms with Crippen LogP contribution in [0.5, 0.6) is 0 Å². The lowest BCUT2D eigenvalue weighted by molar-refractivity contribution is 0.170. The summed E-state index contributed by atoms with van der Waals surface area (Å²) in [6, 6.07) is 2.28. The molecule has 0 bridgehead atoms. The minimum Gasteiger partial charge on any atom is -0.316 e. The largest absolute Gasteiger partial charge is 0.316 e. The molecule has 1 N–H and O–H groups in total.